The second-order valence-corrected chi connectivity index (χ2v) is 6.90. The molecule has 0 radical (unpaired) electrons. The number of fused-ring (bicyclic) bond motifs is 2. The molecule has 3 fully saturated rings. The van der Waals surface area contributed by atoms with Gasteiger partial charge in [-0.05, 0) is 39.5 Å². The summed E-state index contributed by atoms with van der Waals surface area (Å²) >= 11 is 0. The Morgan fingerprint density at radius 3 is 2.40 bits per heavy atom. The van der Waals surface area contributed by atoms with Gasteiger partial charge in [0.15, 0.2) is 0 Å². The highest BCUT2D eigenvalue weighted by Gasteiger charge is 2.57. The quantitative estimate of drug-likeness (QED) is 0.724. The molecule has 0 aromatic carbocycles. The van der Waals surface area contributed by atoms with Crippen molar-refractivity contribution in [1.82, 2.24) is 9.96 Å². The van der Waals surface area contributed by atoms with Crippen molar-refractivity contribution in [2.75, 3.05) is 27.2 Å². The summed E-state index contributed by atoms with van der Waals surface area (Å²) < 4.78 is 5.39. The van der Waals surface area contributed by atoms with Crippen molar-refractivity contribution in [3.05, 3.63) is 0 Å². The molecule has 6 nitrogen and oxygen atoms in total. The van der Waals surface area contributed by atoms with Crippen molar-refractivity contribution in [2.45, 2.75) is 39.2 Å². The van der Waals surface area contributed by atoms with E-state index in [9.17, 15) is 9.59 Å². The molecule has 3 rings (SSSR count). The largest absolute Gasteiger partial charge is 0.444 e. The Morgan fingerprint density at radius 1 is 1.30 bits per heavy atom. The molecule has 6 heteroatoms. The minimum absolute atomic E-state index is 0.0514. The Balaban J connectivity index is 2.03. The molecule has 2 saturated heterocycles. The molecule has 0 spiro atoms. The zero-order valence-electron chi connectivity index (χ0n) is 12.9. The smallest absolute Gasteiger partial charge is 0.410 e. The average molecular weight is 284 g/mol. The monoisotopic (exact) mass is 284 g/mol. The number of amides is 2. The van der Waals surface area contributed by atoms with Crippen LogP contribution in [0.4, 0.5) is 4.79 Å². The van der Waals surface area contributed by atoms with Gasteiger partial charge in [-0.15, -0.1) is 0 Å². The number of rotatable bonds is 2. The summed E-state index contributed by atoms with van der Waals surface area (Å²) in [5.74, 6) is 0.343. The Hall–Kier alpha value is -1.30. The first-order valence-electron chi connectivity index (χ1n) is 6.97. The summed E-state index contributed by atoms with van der Waals surface area (Å²) in [5.41, 5.74) is -0.996. The SMILES string of the molecule is CON(C)C(=O)C12CC(CN(C(=O)OC(C)(C)C)C1)C2. The summed E-state index contributed by atoms with van der Waals surface area (Å²) in [7, 11) is 3.08. The Kier molecular flexibility index (Phi) is 3.71. The third kappa shape index (κ3) is 2.75. The molecule has 0 atom stereocenters. The maximum Gasteiger partial charge on any atom is 0.410 e. The molecule has 2 bridgehead atoms. The molecule has 0 N–H and O–H groups in total. The molecular formula is C14H24N2O4. The summed E-state index contributed by atoms with van der Waals surface area (Å²) in [5, 5.41) is 1.26. The van der Waals surface area contributed by atoms with Crippen molar-refractivity contribution in [3.8, 4) is 0 Å². The number of hydroxylamine groups is 2. The molecular weight excluding hydrogens is 260 g/mol. The van der Waals surface area contributed by atoms with Gasteiger partial charge in [-0.2, -0.15) is 0 Å². The first-order valence-corrected chi connectivity index (χ1v) is 6.97. The van der Waals surface area contributed by atoms with Crippen molar-refractivity contribution in [1.29, 1.82) is 0 Å². The van der Waals surface area contributed by atoms with Crippen LogP contribution in [0.3, 0.4) is 0 Å². The van der Waals surface area contributed by atoms with E-state index in [0.29, 0.717) is 19.0 Å². The van der Waals surface area contributed by atoms with Crippen LogP contribution in [0.5, 0.6) is 0 Å². The van der Waals surface area contributed by atoms with Crippen LogP contribution in [0, 0.1) is 11.3 Å². The predicted octanol–water partition coefficient (Wildman–Crippen LogP) is 1.65. The number of piperidine rings is 2. The lowest BCUT2D eigenvalue weighted by molar-refractivity contribution is -0.195. The molecule has 1 aliphatic carbocycles. The number of ether oxygens (including phenoxy) is 1. The van der Waals surface area contributed by atoms with Gasteiger partial charge >= 0.3 is 6.09 Å². The zero-order chi connectivity index (χ0) is 15.1. The first-order chi connectivity index (χ1) is 9.17. The fourth-order valence-corrected chi connectivity index (χ4v) is 3.17. The second-order valence-electron chi connectivity index (χ2n) is 6.90. The fraction of sp³-hybridized carbons (Fsp3) is 0.857. The van der Waals surface area contributed by atoms with Gasteiger partial charge in [0.05, 0.1) is 12.5 Å². The Labute approximate surface area is 119 Å². The van der Waals surface area contributed by atoms with Crippen LogP contribution in [0.2, 0.25) is 0 Å². The molecule has 114 valence electrons. The molecule has 0 aromatic heterocycles. The van der Waals surface area contributed by atoms with E-state index in [1.165, 1.54) is 12.2 Å². The molecule has 1 saturated carbocycles. The lowest BCUT2D eigenvalue weighted by atomic mass is 9.58. The zero-order valence-corrected chi connectivity index (χ0v) is 12.9. The van der Waals surface area contributed by atoms with Crippen LogP contribution >= 0.6 is 0 Å². The minimum Gasteiger partial charge on any atom is -0.444 e. The highest BCUT2D eigenvalue weighted by molar-refractivity contribution is 5.84. The first kappa shape index (κ1) is 15.1. The molecule has 2 amide bonds. The number of hydrogen-bond donors (Lipinski definition) is 0. The number of carbonyl (C=O) groups is 2. The summed E-state index contributed by atoms with van der Waals surface area (Å²) in [6.07, 6.45) is 1.33. The van der Waals surface area contributed by atoms with E-state index in [0.717, 1.165) is 12.8 Å². The molecule has 2 aliphatic heterocycles. The summed E-state index contributed by atoms with van der Waals surface area (Å²) in [6.45, 7) is 6.63. The van der Waals surface area contributed by atoms with Crippen LogP contribution in [-0.2, 0) is 14.4 Å². The van der Waals surface area contributed by atoms with Gasteiger partial charge in [0.1, 0.15) is 5.60 Å². The van der Waals surface area contributed by atoms with E-state index in [4.69, 9.17) is 9.57 Å². The minimum atomic E-state index is -0.515. The summed E-state index contributed by atoms with van der Waals surface area (Å²) in [6, 6.07) is 0. The standard InChI is InChI=1S/C14H24N2O4/c1-13(2,3)20-12(18)16-8-10-6-14(7-10,9-16)11(17)15(4)19-5/h10H,6-9H2,1-5H3. The highest BCUT2D eigenvalue weighted by atomic mass is 16.7. The number of carbonyl (C=O) groups excluding carboxylic acids is 2. The molecule has 0 unspecified atom stereocenters. The maximum absolute atomic E-state index is 12.4. The predicted molar refractivity (Wildman–Crippen MR) is 72.7 cm³/mol. The van der Waals surface area contributed by atoms with Crippen LogP contribution in [-0.4, -0.2) is 54.8 Å². The molecule has 2 heterocycles. The van der Waals surface area contributed by atoms with Gasteiger partial charge in [0, 0.05) is 20.1 Å². The van der Waals surface area contributed by atoms with E-state index >= 15 is 0 Å². The number of hydrogen-bond acceptors (Lipinski definition) is 4. The van der Waals surface area contributed by atoms with E-state index in [1.54, 1.807) is 11.9 Å². The van der Waals surface area contributed by atoms with Crippen LogP contribution in [0.25, 0.3) is 0 Å². The maximum atomic E-state index is 12.4. The van der Waals surface area contributed by atoms with Gasteiger partial charge in [0.2, 0.25) is 0 Å². The second kappa shape index (κ2) is 4.91. The van der Waals surface area contributed by atoms with Crippen molar-refractivity contribution < 1.29 is 19.2 Å². The average Bonchev–Trinajstić information content (AvgIpc) is 2.33. The lowest BCUT2D eigenvalue weighted by Crippen LogP contribution is -2.63. The fourth-order valence-electron chi connectivity index (χ4n) is 3.17. The third-order valence-corrected chi connectivity index (χ3v) is 4.00. The van der Waals surface area contributed by atoms with Gasteiger partial charge < -0.3 is 9.64 Å². The summed E-state index contributed by atoms with van der Waals surface area (Å²) in [4.78, 5) is 31.1. The van der Waals surface area contributed by atoms with Crippen LogP contribution in [0.15, 0.2) is 0 Å². The number of nitrogens with zero attached hydrogens (tertiary/aromatic N) is 2. The highest BCUT2D eigenvalue weighted by Crippen LogP contribution is 2.51. The van der Waals surface area contributed by atoms with Crippen molar-refractivity contribution >= 4 is 12.0 Å². The van der Waals surface area contributed by atoms with E-state index in [1.807, 2.05) is 20.8 Å². The molecule has 20 heavy (non-hydrogen) atoms. The van der Waals surface area contributed by atoms with E-state index < -0.39 is 11.0 Å². The van der Waals surface area contributed by atoms with Gasteiger partial charge in [-0.1, -0.05) is 0 Å². The Morgan fingerprint density at radius 2 is 1.90 bits per heavy atom. The van der Waals surface area contributed by atoms with Crippen molar-refractivity contribution in [2.24, 2.45) is 11.3 Å². The van der Waals surface area contributed by atoms with Gasteiger partial charge in [-0.3, -0.25) is 9.63 Å². The van der Waals surface area contributed by atoms with E-state index in [2.05, 4.69) is 0 Å². The third-order valence-electron chi connectivity index (χ3n) is 4.00. The van der Waals surface area contributed by atoms with Gasteiger partial charge in [0.25, 0.3) is 5.91 Å². The Bertz CT molecular complexity index is 410. The van der Waals surface area contributed by atoms with Crippen LogP contribution < -0.4 is 0 Å². The van der Waals surface area contributed by atoms with Crippen LogP contribution in [0.1, 0.15) is 33.6 Å². The topological polar surface area (TPSA) is 59.1 Å². The molecule has 0 aromatic rings. The lowest BCUT2D eigenvalue weighted by Gasteiger charge is -2.55. The van der Waals surface area contributed by atoms with Gasteiger partial charge in [-0.25, -0.2) is 9.86 Å². The van der Waals surface area contributed by atoms with Crippen molar-refractivity contribution in [3.63, 3.8) is 0 Å². The molecule has 3 aliphatic rings. The normalized spacial score (nSPS) is 28.6. The van der Waals surface area contributed by atoms with E-state index in [-0.39, 0.29) is 12.0 Å².